The van der Waals surface area contributed by atoms with E-state index in [1.54, 1.807) is 13.0 Å². The predicted octanol–water partition coefficient (Wildman–Crippen LogP) is 2.20. The van der Waals surface area contributed by atoms with Crippen molar-refractivity contribution in [2.24, 2.45) is 0 Å². The number of benzene rings is 1. The highest BCUT2D eigenvalue weighted by Crippen LogP contribution is 2.11. The van der Waals surface area contributed by atoms with E-state index in [9.17, 15) is 4.79 Å². The van der Waals surface area contributed by atoms with Crippen molar-refractivity contribution in [2.45, 2.75) is 13.5 Å². The van der Waals surface area contributed by atoms with Crippen LogP contribution in [0.4, 0.5) is 0 Å². The molecule has 0 aliphatic heterocycles. The van der Waals surface area contributed by atoms with E-state index in [1.165, 1.54) is 0 Å². The molecule has 0 radical (unpaired) electrons. The van der Waals surface area contributed by atoms with Gasteiger partial charge in [0.1, 0.15) is 0 Å². The van der Waals surface area contributed by atoms with Crippen molar-refractivity contribution in [3.05, 3.63) is 35.4 Å². The molecule has 0 aliphatic carbocycles. The van der Waals surface area contributed by atoms with Gasteiger partial charge in [0.05, 0.1) is 6.61 Å². The van der Waals surface area contributed by atoms with Crippen molar-refractivity contribution in [3.8, 4) is 0 Å². The molecule has 1 rings (SSSR count). The Balaban J connectivity index is 3.00. The van der Waals surface area contributed by atoms with Crippen LogP contribution in [0.2, 0.25) is 0 Å². The SMILES string of the molecule is CC(=O)c1ccccc1COP. The van der Waals surface area contributed by atoms with Crippen LogP contribution < -0.4 is 0 Å². The maximum absolute atomic E-state index is 11.1. The van der Waals surface area contributed by atoms with Crippen LogP contribution in [0.1, 0.15) is 22.8 Å². The van der Waals surface area contributed by atoms with Crippen LogP contribution in [0.3, 0.4) is 0 Å². The molecule has 0 saturated carbocycles. The summed E-state index contributed by atoms with van der Waals surface area (Å²) in [7, 11) is 2.17. The molecule has 0 fully saturated rings. The summed E-state index contributed by atoms with van der Waals surface area (Å²) >= 11 is 0. The van der Waals surface area contributed by atoms with E-state index < -0.39 is 0 Å². The minimum atomic E-state index is 0.0765. The van der Waals surface area contributed by atoms with Crippen molar-refractivity contribution in [1.29, 1.82) is 0 Å². The van der Waals surface area contributed by atoms with Gasteiger partial charge in [0.15, 0.2) is 5.78 Å². The van der Waals surface area contributed by atoms with Gasteiger partial charge in [0.25, 0.3) is 0 Å². The Labute approximate surface area is 74.2 Å². The van der Waals surface area contributed by atoms with E-state index in [4.69, 9.17) is 4.52 Å². The fraction of sp³-hybridized carbons (Fsp3) is 0.222. The molecule has 12 heavy (non-hydrogen) atoms. The smallest absolute Gasteiger partial charge is 0.160 e. The highest BCUT2D eigenvalue weighted by molar-refractivity contribution is 7.09. The predicted molar refractivity (Wildman–Crippen MR) is 50.9 cm³/mol. The zero-order valence-electron chi connectivity index (χ0n) is 6.91. The average molecular weight is 182 g/mol. The molecule has 0 saturated heterocycles. The van der Waals surface area contributed by atoms with Crippen molar-refractivity contribution < 1.29 is 9.32 Å². The van der Waals surface area contributed by atoms with E-state index in [-0.39, 0.29) is 5.78 Å². The zero-order chi connectivity index (χ0) is 8.97. The van der Waals surface area contributed by atoms with E-state index in [2.05, 4.69) is 9.47 Å². The average Bonchev–Trinajstić information content (AvgIpc) is 2.05. The molecule has 2 nitrogen and oxygen atoms in total. The standard InChI is InChI=1S/C9H11O2P/c1-7(10)9-5-3-2-4-8(9)6-11-12/h2-5H,6,12H2,1H3. The third kappa shape index (κ3) is 2.13. The highest BCUT2D eigenvalue weighted by atomic mass is 31.0. The monoisotopic (exact) mass is 182 g/mol. The van der Waals surface area contributed by atoms with Gasteiger partial charge in [0.2, 0.25) is 0 Å². The Morgan fingerprint density at radius 2 is 2.17 bits per heavy atom. The van der Waals surface area contributed by atoms with Crippen molar-refractivity contribution >= 4 is 15.2 Å². The first-order valence-corrected chi connectivity index (χ1v) is 4.13. The molecular formula is C9H11O2P. The number of ketones is 1. The molecule has 3 heteroatoms. The van der Waals surface area contributed by atoms with E-state index in [1.807, 2.05) is 18.2 Å². The first kappa shape index (κ1) is 9.37. The Morgan fingerprint density at radius 1 is 1.50 bits per heavy atom. The number of carbonyl (C=O) groups excluding carboxylic acids is 1. The Morgan fingerprint density at radius 3 is 2.75 bits per heavy atom. The van der Waals surface area contributed by atoms with Gasteiger partial charge in [-0.3, -0.25) is 4.79 Å². The number of rotatable bonds is 3. The Bertz CT molecular complexity index is 284. The maximum atomic E-state index is 11.1. The van der Waals surface area contributed by atoms with E-state index >= 15 is 0 Å². The summed E-state index contributed by atoms with van der Waals surface area (Å²) in [5, 5.41) is 0. The van der Waals surface area contributed by atoms with Crippen LogP contribution in [0.15, 0.2) is 24.3 Å². The summed E-state index contributed by atoms with van der Waals surface area (Å²) in [4.78, 5) is 11.1. The van der Waals surface area contributed by atoms with Gasteiger partial charge in [-0.15, -0.1) is 0 Å². The minimum Gasteiger partial charge on any atom is -0.361 e. The van der Waals surface area contributed by atoms with Crippen molar-refractivity contribution in [1.82, 2.24) is 0 Å². The molecule has 64 valence electrons. The molecule has 1 aromatic carbocycles. The summed E-state index contributed by atoms with van der Waals surface area (Å²) < 4.78 is 4.88. The van der Waals surface area contributed by atoms with Gasteiger partial charge in [-0.2, -0.15) is 0 Å². The summed E-state index contributed by atoms with van der Waals surface area (Å²) in [5.74, 6) is 0.0765. The van der Waals surface area contributed by atoms with Gasteiger partial charge in [-0.05, 0) is 12.5 Å². The summed E-state index contributed by atoms with van der Waals surface area (Å²) in [5.41, 5.74) is 1.67. The Kier molecular flexibility index (Phi) is 3.39. The first-order chi connectivity index (χ1) is 5.75. The van der Waals surface area contributed by atoms with Crippen LogP contribution in [0.5, 0.6) is 0 Å². The molecule has 0 heterocycles. The van der Waals surface area contributed by atoms with Crippen LogP contribution in [0, 0.1) is 0 Å². The second-order valence-electron chi connectivity index (χ2n) is 2.52. The fourth-order valence-corrected chi connectivity index (χ4v) is 1.26. The molecule has 0 amide bonds. The quantitative estimate of drug-likeness (QED) is 0.529. The molecule has 0 aromatic heterocycles. The van der Waals surface area contributed by atoms with Crippen LogP contribution in [-0.2, 0) is 11.1 Å². The van der Waals surface area contributed by atoms with Gasteiger partial charge >= 0.3 is 0 Å². The largest absolute Gasteiger partial charge is 0.361 e. The van der Waals surface area contributed by atoms with Gasteiger partial charge in [-0.25, -0.2) is 0 Å². The molecule has 1 atom stereocenters. The van der Waals surface area contributed by atoms with Gasteiger partial charge in [-0.1, -0.05) is 24.3 Å². The first-order valence-electron chi connectivity index (χ1n) is 3.66. The molecule has 0 aliphatic rings. The van der Waals surface area contributed by atoms with Crippen molar-refractivity contribution in [3.63, 3.8) is 0 Å². The van der Waals surface area contributed by atoms with Crippen LogP contribution in [0.25, 0.3) is 0 Å². The second-order valence-corrected chi connectivity index (χ2v) is 2.86. The molecule has 1 unspecified atom stereocenters. The second kappa shape index (κ2) is 4.34. The third-order valence-electron chi connectivity index (χ3n) is 1.64. The molecule has 0 N–H and O–H groups in total. The normalized spacial score (nSPS) is 9.83. The summed E-state index contributed by atoms with van der Waals surface area (Å²) in [6.07, 6.45) is 0. The lowest BCUT2D eigenvalue weighted by Crippen LogP contribution is -1.98. The molecule has 0 bridgehead atoms. The minimum absolute atomic E-state index is 0.0765. The van der Waals surface area contributed by atoms with Crippen LogP contribution >= 0.6 is 9.47 Å². The molecular weight excluding hydrogens is 171 g/mol. The number of hydrogen-bond acceptors (Lipinski definition) is 2. The number of carbonyl (C=O) groups is 1. The lowest BCUT2D eigenvalue weighted by Gasteiger charge is -2.03. The van der Waals surface area contributed by atoms with Crippen molar-refractivity contribution in [2.75, 3.05) is 0 Å². The van der Waals surface area contributed by atoms with Gasteiger partial charge in [0, 0.05) is 15.0 Å². The van der Waals surface area contributed by atoms with E-state index in [0.717, 1.165) is 11.1 Å². The third-order valence-corrected chi connectivity index (χ3v) is 1.80. The fourth-order valence-electron chi connectivity index (χ4n) is 1.08. The maximum Gasteiger partial charge on any atom is 0.160 e. The molecule has 0 spiro atoms. The zero-order valence-corrected chi connectivity index (χ0v) is 8.07. The highest BCUT2D eigenvalue weighted by Gasteiger charge is 2.04. The Hall–Kier alpha value is -0.720. The lowest BCUT2D eigenvalue weighted by atomic mass is 10.1. The lowest BCUT2D eigenvalue weighted by molar-refractivity contribution is 0.101. The van der Waals surface area contributed by atoms with Gasteiger partial charge < -0.3 is 4.52 Å². The summed E-state index contributed by atoms with van der Waals surface area (Å²) in [6, 6.07) is 7.44. The van der Waals surface area contributed by atoms with E-state index in [0.29, 0.717) is 6.61 Å². The topological polar surface area (TPSA) is 26.3 Å². The number of Topliss-reactive ketones (excluding diaryl/α,β-unsaturated/α-hetero) is 1. The number of hydrogen-bond donors (Lipinski definition) is 0. The molecule has 1 aromatic rings. The van der Waals surface area contributed by atoms with Crippen LogP contribution in [-0.4, -0.2) is 5.78 Å². The summed E-state index contributed by atoms with van der Waals surface area (Å²) in [6.45, 7) is 2.02.